The second-order valence-corrected chi connectivity index (χ2v) is 12.2. The molecule has 1 amide bonds. The second kappa shape index (κ2) is 14.8. The summed E-state index contributed by atoms with van der Waals surface area (Å²) in [6.45, 7) is 14.2. The fraction of sp³-hybridized carbons (Fsp3) is 0.282. The molecule has 0 spiro atoms. The van der Waals surface area contributed by atoms with E-state index in [1.807, 2.05) is 103 Å². The van der Waals surface area contributed by atoms with E-state index in [4.69, 9.17) is 4.74 Å². The Balaban J connectivity index is 0.00000255. The lowest BCUT2D eigenvalue weighted by Crippen LogP contribution is -2.24. The molecule has 0 unspecified atom stereocenters. The average Bonchev–Trinajstić information content (AvgIpc) is 3.27. The summed E-state index contributed by atoms with van der Waals surface area (Å²) in [6, 6.07) is 26.5. The largest absolute Gasteiger partial charge is 0.573 e. The number of alkyl halides is 3. The number of rotatable bonds is 8. The molecule has 252 valence electrons. The molecule has 5 aromatic rings. The van der Waals surface area contributed by atoms with Crippen molar-refractivity contribution in [3.05, 3.63) is 125 Å². The summed E-state index contributed by atoms with van der Waals surface area (Å²) in [4.78, 5) is 25.9. The Labute approximate surface area is 279 Å². The Morgan fingerprint density at radius 2 is 1.50 bits per heavy atom. The van der Waals surface area contributed by atoms with Gasteiger partial charge in [0.05, 0.1) is 5.56 Å². The van der Waals surface area contributed by atoms with E-state index in [2.05, 4.69) is 14.6 Å². The minimum atomic E-state index is -4.79. The number of halogens is 3. The highest BCUT2D eigenvalue weighted by Crippen LogP contribution is 2.30. The van der Waals surface area contributed by atoms with Crippen molar-refractivity contribution in [2.75, 3.05) is 0 Å². The van der Waals surface area contributed by atoms with Gasteiger partial charge in [0, 0.05) is 35.2 Å². The molecule has 5 rings (SSSR count). The third-order valence-corrected chi connectivity index (χ3v) is 7.64. The van der Waals surface area contributed by atoms with Gasteiger partial charge in [0.15, 0.2) is 0 Å². The number of aromatic nitrogens is 1. The van der Waals surface area contributed by atoms with Gasteiger partial charge in [0.25, 0.3) is 5.91 Å². The van der Waals surface area contributed by atoms with Crippen LogP contribution in [0.4, 0.5) is 13.2 Å². The Morgan fingerprint density at radius 1 is 0.812 bits per heavy atom. The monoisotopic (exact) mass is 658 g/mol. The van der Waals surface area contributed by atoms with Gasteiger partial charge >= 0.3 is 12.3 Å². The van der Waals surface area contributed by atoms with Crippen LogP contribution in [-0.4, -0.2) is 28.4 Å². The summed E-state index contributed by atoms with van der Waals surface area (Å²) in [6.07, 6.45) is -4.79. The maximum absolute atomic E-state index is 13.0. The number of fused-ring (bicyclic) bond motifs is 1. The number of nitrogens with zero attached hydrogens (tertiary/aromatic N) is 1. The number of amides is 1. The molecular weight excluding hydrogens is 617 g/mol. The molecule has 0 aliphatic rings. The van der Waals surface area contributed by atoms with Gasteiger partial charge in [-0.3, -0.25) is 4.79 Å². The van der Waals surface area contributed by atoms with Crippen LogP contribution in [0.25, 0.3) is 22.0 Å². The SMILES string of the molecule is CC.Cc1c(C)n(Cc2ccc(-c3ccccc3C(=O)OC(C)(C)C)cc2)c2ccc(C(=O)NCc3cccc(OC(F)(F)F)c3)cc12. The van der Waals surface area contributed by atoms with Gasteiger partial charge < -0.3 is 19.4 Å². The van der Waals surface area contributed by atoms with Crippen molar-refractivity contribution in [1.82, 2.24) is 9.88 Å². The zero-order valence-electron chi connectivity index (χ0n) is 28.3. The lowest BCUT2D eigenvalue weighted by molar-refractivity contribution is -0.274. The minimum absolute atomic E-state index is 0.0448. The first kappa shape index (κ1) is 35.8. The van der Waals surface area contributed by atoms with Gasteiger partial charge in [-0.1, -0.05) is 68.4 Å². The van der Waals surface area contributed by atoms with Crippen molar-refractivity contribution in [1.29, 1.82) is 0 Å². The average molecular weight is 659 g/mol. The van der Waals surface area contributed by atoms with Crippen LogP contribution < -0.4 is 10.1 Å². The number of hydrogen-bond donors (Lipinski definition) is 1. The smallest absolute Gasteiger partial charge is 0.456 e. The van der Waals surface area contributed by atoms with Crippen LogP contribution in [0, 0.1) is 13.8 Å². The molecule has 0 saturated carbocycles. The molecule has 0 aliphatic carbocycles. The molecule has 0 bridgehead atoms. The van der Waals surface area contributed by atoms with Crippen LogP contribution in [0.1, 0.15) is 77.7 Å². The molecule has 1 heterocycles. The van der Waals surface area contributed by atoms with Crippen molar-refractivity contribution in [3.63, 3.8) is 0 Å². The summed E-state index contributed by atoms with van der Waals surface area (Å²) in [7, 11) is 0. The van der Waals surface area contributed by atoms with E-state index < -0.39 is 12.0 Å². The Kier molecular flexibility index (Phi) is 11.0. The number of nitrogens with one attached hydrogen (secondary N) is 1. The molecule has 48 heavy (non-hydrogen) atoms. The predicted molar refractivity (Wildman–Crippen MR) is 183 cm³/mol. The zero-order chi connectivity index (χ0) is 35.2. The van der Waals surface area contributed by atoms with Crippen LogP contribution in [0.5, 0.6) is 5.75 Å². The maximum atomic E-state index is 13.0. The van der Waals surface area contributed by atoms with Gasteiger partial charge in [-0.15, -0.1) is 13.2 Å². The van der Waals surface area contributed by atoms with Crippen molar-refractivity contribution in [3.8, 4) is 16.9 Å². The van der Waals surface area contributed by atoms with Gasteiger partial charge in [0.2, 0.25) is 0 Å². The van der Waals surface area contributed by atoms with E-state index in [0.717, 1.165) is 38.9 Å². The Bertz CT molecular complexity index is 1900. The third kappa shape index (κ3) is 8.85. The molecule has 9 heteroatoms. The molecule has 1 aromatic heterocycles. The topological polar surface area (TPSA) is 69.6 Å². The summed E-state index contributed by atoms with van der Waals surface area (Å²) in [5.74, 6) is -1.04. The number of benzene rings is 4. The Morgan fingerprint density at radius 3 is 2.17 bits per heavy atom. The van der Waals surface area contributed by atoms with Gasteiger partial charge in [-0.05, 0) is 98.8 Å². The fourth-order valence-corrected chi connectivity index (χ4v) is 5.35. The first-order chi connectivity index (χ1) is 22.7. The van der Waals surface area contributed by atoms with Crippen molar-refractivity contribution >= 4 is 22.8 Å². The fourth-order valence-electron chi connectivity index (χ4n) is 5.35. The summed E-state index contributed by atoms with van der Waals surface area (Å²) in [5, 5.41) is 3.72. The molecule has 1 N–H and O–H groups in total. The minimum Gasteiger partial charge on any atom is -0.456 e. The number of carbonyl (C=O) groups excluding carboxylic acids is 2. The quantitative estimate of drug-likeness (QED) is 0.169. The standard InChI is InChI=1S/C37H35F3N2O4.C2H6/c1-23-24(2)42(22-25-13-15-27(16-14-25)30-11-6-7-12-31(30)35(44)46-36(3,4)5)33-18-17-28(20-32(23)33)34(43)41-21-26-9-8-10-29(19-26)45-37(38,39)40;1-2/h6-20H,21-22H2,1-5H3,(H,41,43);1-2H3. The maximum Gasteiger partial charge on any atom is 0.573 e. The number of esters is 1. The normalized spacial score (nSPS) is 11.5. The lowest BCUT2D eigenvalue weighted by atomic mass is 9.98. The van der Waals surface area contributed by atoms with Crippen molar-refractivity contribution < 1.29 is 32.2 Å². The molecule has 0 atom stereocenters. The van der Waals surface area contributed by atoms with Crippen molar-refractivity contribution in [2.24, 2.45) is 0 Å². The van der Waals surface area contributed by atoms with E-state index >= 15 is 0 Å². The highest BCUT2D eigenvalue weighted by Gasteiger charge is 2.31. The summed E-state index contributed by atoms with van der Waals surface area (Å²) < 4.78 is 49.5. The van der Waals surface area contributed by atoms with Gasteiger partial charge in [-0.2, -0.15) is 0 Å². The molecule has 6 nitrogen and oxygen atoms in total. The zero-order valence-corrected chi connectivity index (χ0v) is 28.3. The molecular formula is C39H41F3N2O4. The van der Waals surface area contributed by atoms with Crippen LogP contribution >= 0.6 is 0 Å². The van der Waals surface area contributed by atoms with Gasteiger partial charge in [-0.25, -0.2) is 4.79 Å². The molecule has 0 fully saturated rings. The summed E-state index contributed by atoms with van der Waals surface area (Å²) >= 11 is 0. The summed E-state index contributed by atoms with van der Waals surface area (Å²) in [5.41, 5.74) is 6.70. The predicted octanol–water partition coefficient (Wildman–Crippen LogP) is 9.78. The van der Waals surface area contributed by atoms with Crippen LogP contribution in [0.15, 0.2) is 91.0 Å². The number of carbonyl (C=O) groups is 2. The Hall–Kier alpha value is -5.05. The van der Waals surface area contributed by atoms with E-state index in [1.165, 1.54) is 18.2 Å². The highest BCUT2D eigenvalue weighted by molar-refractivity contribution is 5.99. The van der Waals surface area contributed by atoms with E-state index in [9.17, 15) is 22.8 Å². The van der Waals surface area contributed by atoms with Crippen LogP contribution in [0.2, 0.25) is 0 Å². The number of hydrogen-bond acceptors (Lipinski definition) is 4. The molecule has 0 aliphatic heterocycles. The van der Waals surface area contributed by atoms with Crippen LogP contribution in [-0.2, 0) is 17.8 Å². The second-order valence-electron chi connectivity index (χ2n) is 12.2. The number of aryl methyl sites for hydroxylation is 1. The molecule has 0 radical (unpaired) electrons. The third-order valence-electron chi connectivity index (χ3n) is 7.64. The van der Waals surface area contributed by atoms with E-state index in [-0.39, 0.29) is 24.2 Å². The van der Waals surface area contributed by atoms with Crippen LogP contribution in [0.3, 0.4) is 0 Å². The lowest BCUT2D eigenvalue weighted by Gasteiger charge is -2.20. The van der Waals surface area contributed by atoms with E-state index in [0.29, 0.717) is 23.2 Å². The molecule has 4 aromatic carbocycles. The first-order valence-electron chi connectivity index (χ1n) is 15.8. The first-order valence-corrected chi connectivity index (χ1v) is 15.8. The van der Waals surface area contributed by atoms with Gasteiger partial charge in [0.1, 0.15) is 11.4 Å². The highest BCUT2D eigenvalue weighted by atomic mass is 19.4. The molecule has 0 saturated heterocycles. The van der Waals surface area contributed by atoms with Crippen molar-refractivity contribution in [2.45, 2.75) is 73.5 Å². The van der Waals surface area contributed by atoms with E-state index in [1.54, 1.807) is 18.2 Å². The number of ether oxygens (including phenoxy) is 2.